The van der Waals surface area contributed by atoms with Crippen molar-refractivity contribution >= 4 is 5.91 Å². The average Bonchev–Trinajstić information content (AvgIpc) is 2.34. The molecule has 0 saturated carbocycles. The summed E-state index contributed by atoms with van der Waals surface area (Å²) in [7, 11) is 0. The Morgan fingerprint density at radius 1 is 1.33 bits per heavy atom. The van der Waals surface area contributed by atoms with E-state index in [2.05, 4.69) is 5.32 Å². The first kappa shape index (κ1) is 14.7. The number of hydrogen-bond acceptors (Lipinski definition) is 3. The van der Waals surface area contributed by atoms with Gasteiger partial charge in [0.05, 0.1) is 6.10 Å². The van der Waals surface area contributed by atoms with Gasteiger partial charge in [-0.15, -0.1) is 0 Å². The first-order chi connectivity index (χ1) is 8.49. The third kappa shape index (κ3) is 5.29. The summed E-state index contributed by atoms with van der Waals surface area (Å²) in [6.45, 7) is 4.13. The van der Waals surface area contributed by atoms with Crippen LogP contribution in [0.4, 0.5) is 0 Å². The number of rotatable bonds is 6. The Morgan fingerprint density at radius 2 is 1.94 bits per heavy atom. The Hall–Kier alpha value is -1.39. The maximum atomic E-state index is 11.5. The quantitative estimate of drug-likeness (QED) is 0.716. The number of hydrogen-bond donors (Lipinski definition) is 3. The number of nitrogens with one attached hydrogen (secondary N) is 1. The predicted molar refractivity (Wildman–Crippen MR) is 71.8 cm³/mol. The molecular formula is C14H22N2O2. The van der Waals surface area contributed by atoms with E-state index in [-0.39, 0.29) is 11.9 Å². The van der Waals surface area contributed by atoms with E-state index in [1.54, 1.807) is 6.92 Å². The lowest BCUT2D eigenvalue weighted by Gasteiger charge is -2.08. The normalized spacial score (nSPS) is 14.0. The molecule has 4 N–H and O–H groups in total. The van der Waals surface area contributed by atoms with Gasteiger partial charge in [-0.05, 0) is 31.4 Å². The molecule has 100 valence electrons. The highest BCUT2D eigenvalue weighted by molar-refractivity contribution is 5.75. The van der Waals surface area contributed by atoms with E-state index >= 15 is 0 Å². The van der Waals surface area contributed by atoms with E-state index in [1.807, 2.05) is 31.2 Å². The minimum atomic E-state index is -0.459. The zero-order valence-corrected chi connectivity index (χ0v) is 11.0. The largest absolute Gasteiger partial charge is 0.389 e. The summed E-state index contributed by atoms with van der Waals surface area (Å²) >= 11 is 0. The van der Waals surface area contributed by atoms with E-state index in [4.69, 9.17) is 5.73 Å². The number of aliphatic hydroxyl groups excluding tert-OH is 1. The molecule has 0 radical (unpaired) electrons. The van der Waals surface area contributed by atoms with Crippen molar-refractivity contribution in [3.8, 4) is 0 Å². The van der Waals surface area contributed by atoms with Gasteiger partial charge in [-0.2, -0.15) is 0 Å². The predicted octanol–water partition coefficient (Wildman–Crippen LogP) is 1.48. The third-order valence-electron chi connectivity index (χ3n) is 2.78. The van der Waals surface area contributed by atoms with Gasteiger partial charge < -0.3 is 16.2 Å². The molecule has 0 aliphatic rings. The standard InChI is InChI=1S/C14H22N2O2/c1-10(15)3-8-14(18)16-9-12-4-6-13(7-5-12)11(2)17/h4-7,10-11,17H,3,8-9,15H2,1-2H3,(H,16,18). The van der Waals surface area contributed by atoms with E-state index in [1.165, 1.54) is 0 Å². The maximum Gasteiger partial charge on any atom is 0.220 e. The molecular weight excluding hydrogens is 228 g/mol. The van der Waals surface area contributed by atoms with Crippen LogP contribution in [0.25, 0.3) is 0 Å². The van der Waals surface area contributed by atoms with Crippen LogP contribution in [0.5, 0.6) is 0 Å². The molecule has 1 amide bonds. The fraction of sp³-hybridized carbons (Fsp3) is 0.500. The van der Waals surface area contributed by atoms with Crippen LogP contribution in [0.1, 0.15) is 43.9 Å². The minimum Gasteiger partial charge on any atom is -0.389 e. The van der Waals surface area contributed by atoms with Crippen molar-refractivity contribution < 1.29 is 9.90 Å². The molecule has 0 spiro atoms. The number of aliphatic hydroxyl groups is 1. The van der Waals surface area contributed by atoms with E-state index < -0.39 is 6.10 Å². The van der Waals surface area contributed by atoms with Gasteiger partial charge in [0.2, 0.25) is 5.91 Å². The number of benzene rings is 1. The second-order valence-electron chi connectivity index (χ2n) is 4.71. The highest BCUT2D eigenvalue weighted by Crippen LogP contribution is 2.12. The van der Waals surface area contributed by atoms with E-state index in [9.17, 15) is 9.90 Å². The van der Waals surface area contributed by atoms with Crippen molar-refractivity contribution in [2.45, 2.75) is 45.4 Å². The average molecular weight is 250 g/mol. The molecule has 0 heterocycles. The smallest absolute Gasteiger partial charge is 0.220 e. The fourth-order valence-electron chi connectivity index (χ4n) is 1.56. The second-order valence-corrected chi connectivity index (χ2v) is 4.71. The molecule has 1 aromatic rings. The molecule has 4 heteroatoms. The van der Waals surface area contributed by atoms with Gasteiger partial charge in [0.15, 0.2) is 0 Å². The summed E-state index contributed by atoms with van der Waals surface area (Å²) in [5, 5.41) is 12.2. The molecule has 0 aromatic heterocycles. The van der Waals surface area contributed by atoms with Crippen molar-refractivity contribution in [2.24, 2.45) is 5.73 Å². The SMILES string of the molecule is CC(N)CCC(=O)NCc1ccc(C(C)O)cc1. The second kappa shape index (κ2) is 7.13. The van der Waals surface area contributed by atoms with Crippen LogP contribution in [-0.2, 0) is 11.3 Å². The van der Waals surface area contributed by atoms with Crippen LogP contribution in [0, 0.1) is 0 Å². The molecule has 4 nitrogen and oxygen atoms in total. The number of carbonyl (C=O) groups excluding carboxylic acids is 1. The summed E-state index contributed by atoms with van der Waals surface area (Å²) in [5.41, 5.74) is 7.49. The van der Waals surface area contributed by atoms with Crippen LogP contribution in [-0.4, -0.2) is 17.1 Å². The van der Waals surface area contributed by atoms with Gasteiger partial charge in [-0.3, -0.25) is 4.79 Å². The van der Waals surface area contributed by atoms with Crippen LogP contribution in [0.2, 0.25) is 0 Å². The molecule has 0 bridgehead atoms. The van der Waals surface area contributed by atoms with E-state index in [0.717, 1.165) is 11.1 Å². The van der Waals surface area contributed by atoms with E-state index in [0.29, 0.717) is 19.4 Å². The minimum absolute atomic E-state index is 0.0203. The molecule has 0 aliphatic carbocycles. The van der Waals surface area contributed by atoms with Crippen LogP contribution in [0.15, 0.2) is 24.3 Å². The van der Waals surface area contributed by atoms with Gasteiger partial charge in [-0.1, -0.05) is 24.3 Å². The van der Waals surface area contributed by atoms with Crippen molar-refractivity contribution in [1.82, 2.24) is 5.32 Å². The lowest BCUT2D eigenvalue weighted by Crippen LogP contribution is -2.25. The molecule has 0 aliphatic heterocycles. The van der Waals surface area contributed by atoms with Crippen molar-refractivity contribution in [1.29, 1.82) is 0 Å². The van der Waals surface area contributed by atoms with Crippen LogP contribution in [0.3, 0.4) is 0 Å². The van der Waals surface area contributed by atoms with Gasteiger partial charge in [0.1, 0.15) is 0 Å². The lowest BCUT2D eigenvalue weighted by atomic mass is 10.1. The topological polar surface area (TPSA) is 75.4 Å². The third-order valence-corrected chi connectivity index (χ3v) is 2.78. The summed E-state index contributed by atoms with van der Waals surface area (Å²) in [5.74, 6) is 0.0203. The fourth-order valence-corrected chi connectivity index (χ4v) is 1.56. The highest BCUT2D eigenvalue weighted by Gasteiger charge is 2.04. The lowest BCUT2D eigenvalue weighted by molar-refractivity contribution is -0.121. The molecule has 2 unspecified atom stereocenters. The first-order valence-corrected chi connectivity index (χ1v) is 6.28. The summed E-state index contributed by atoms with van der Waals surface area (Å²) in [4.78, 5) is 11.5. The number of nitrogens with two attached hydrogens (primary N) is 1. The van der Waals surface area contributed by atoms with Crippen molar-refractivity contribution in [3.05, 3.63) is 35.4 Å². The molecule has 0 fully saturated rings. The zero-order chi connectivity index (χ0) is 13.5. The Morgan fingerprint density at radius 3 is 2.44 bits per heavy atom. The Kier molecular flexibility index (Phi) is 5.82. The Bertz CT molecular complexity index is 372. The van der Waals surface area contributed by atoms with Gasteiger partial charge in [0, 0.05) is 19.0 Å². The molecule has 0 saturated heterocycles. The maximum absolute atomic E-state index is 11.5. The zero-order valence-electron chi connectivity index (χ0n) is 11.0. The highest BCUT2D eigenvalue weighted by atomic mass is 16.3. The molecule has 1 rings (SSSR count). The van der Waals surface area contributed by atoms with Crippen molar-refractivity contribution in [2.75, 3.05) is 0 Å². The Labute approximate surface area is 108 Å². The number of carbonyl (C=O) groups is 1. The summed E-state index contributed by atoms with van der Waals surface area (Å²) in [6.07, 6.45) is 0.704. The van der Waals surface area contributed by atoms with Gasteiger partial charge in [-0.25, -0.2) is 0 Å². The molecule has 2 atom stereocenters. The monoisotopic (exact) mass is 250 g/mol. The van der Waals surface area contributed by atoms with Gasteiger partial charge >= 0.3 is 0 Å². The molecule has 1 aromatic carbocycles. The number of amides is 1. The van der Waals surface area contributed by atoms with Crippen LogP contribution < -0.4 is 11.1 Å². The summed E-state index contributed by atoms with van der Waals surface area (Å²) < 4.78 is 0. The summed E-state index contributed by atoms with van der Waals surface area (Å²) in [6, 6.07) is 7.62. The van der Waals surface area contributed by atoms with Crippen LogP contribution >= 0.6 is 0 Å². The molecule has 18 heavy (non-hydrogen) atoms. The Balaban J connectivity index is 2.37. The van der Waals surface area contributed by atoms with Crippen molar-refractivity contribution in [3.63, 3.8) is 0 Å². The van der Waals surface area contributed by atoms with Gasteiger partial charge in [0.25, 0.3) is 0 Å². The first-order valence-electron chi connectivity index (χ1n) is 6.28.